The van der Waals surface area contributed by atoms with Gasteiger partial charge in [-0.25, -0.2) is 0 Å². The number of rotatable bonds is 2. The first-order chi connectivity index (χ1) is 8.36. The first-order valence-corrected chi connectivity index (χ1v) is 6.78. The number of piperidine rings is 1. The number of likely N-dealkylation sites (tertiary alicyclic amines) is 1. The fourth-order valence-corrected chi connectivity index (χ4v) is 3.37. The number of fused-ring (bicyclic) bond motifs is 1. The monoisotopic (exact) mass is 231 g/mol. The maximum Gasteiger partial charge on any atom is 0.0471 e. The topological polar surface area (TPSA) is 23.5 Å². The molecule has 3 rings (SSSR count). The number of hydrogen-bond donors (Lipinski definition) is 1. The van der Waals surface area contributed by atoms with Crippen molar-refractivity contribution in [1.29, 1.82) is 0 Å². The minimum atomic E-state index is 0.357. The van der Waals surface area contributed by atoms with Crippen molar-refractivity contribution in [1.82, 2.24) is 4.90 Å². The highest BCUT2D eigenvalue weighted by atomic mass is 16.3. The molecular weight excluding hydrogens is 210 g/mol. The lowest BCUT2D eigenvalue weighted by molar-refractivity contribution is 0.0908. The Hall–Kier alpha value is -0.860. The molecule has 1 heterocycles. The molecule has 2 heteroatoms. The van der Waals surface area contributed by atoms with E-state index < -0.39 is 0 Å². The summed E-state index contributed by atoms with van der Waals surface area (Å²) in [6.07, 6.45) is 4.85. The van der Waals surface area contributed by atoms with E-state index in [2.05, 4.69) is 29.2 Å². The number of aliphatic hydroxyl groups excluding tert-OH is 1. The lowest BCUT2D eigenvalue weighted by atomic mass is 9.97. The summed E-state index contributed by atoms with van der Waals surface area (Å²) in [5.41, 5.74) is 3.06. The summed E-state index contributed by atoms with van der Waals surface area (Å²) in [5.74, 6) is 0.507. The van der Waals surface area contributed by atoms with Crippen LogP contribution in [0.15, 0.2) is 24.3 Å². The van der Waals surface area contributed by atoms with Gasteiger partial charge in [-0.3, -0.25) is 4.90 Å². The highest BCUT2D eigenvalue weighted by Crippen LogP contribution is 2.28. The maximum atomic E-state index is 9.30. The molecule has 1 fully saturated rings. The van der Waals surface area contributed by atoms with Gasteiger partial charge in [0.15, 0.2) is 0 Å². The van der Waals surface area contributed by atoms with Crippen LogP contribution in [0, 0.1) is 5.92 Å². The van der Waals surface area contributed by atoms with E-state index in [4.69, 9.17) is 0 Å². The molecule has 17 heavy (non-hydrogen) atoms. The molecular formula is C15H21NO. The summed E-state index contributed by atoms with van der Waals surface area (Å²) in [7, 11) is 0. The molecule has 1 aliphatic heterocycles. The zero-order valence-electron chi connectivity index (χ0n) is 10.3. The minimum Gasteiger partial charge on any atom is -0.396 e. The highest BCUT2D eigenvalue weighted by molar-refractivity contribution is 5.33. The van der Waals surface area contributed by atoms with E-state index in [1.54, 1.807) is 0 Å². The van der Waals surface area contributed by atoms with Crippen LogP contribution < -0.4 is 0 Å². The van der Waals surface area contributed by atoms with Crippen molar-refractivity contribution >= 4 is 0 Å². The SMILES string of the molecule is OC[C@@H]1CCCN(C2Cc3ccccc3C2)C1. The summed E-state index contributed by atoms with van der Waals surface area (Å²) in [6, 6.07) is 9.51. The normalized spacial score (nSPS) is 26.1. The number of nitrogens with zero attached hydrogens (tertiary/aromatic N) is 1. The number of benzene rings is 1. The molecule has 1 aliphatic carbocycles. The molecule has 1 aromatic carbocycles. The number of hydrogen-bond acceptors (Lipinski definition) is 2. The van der Waals surface area contributed by atoms with Gasteiger partial charge in [0.2, 0.25) is 0 Å². The van der Waals surface area contributed by atoms with Gasteiger partial charge in [0.05, 0.1) is 0 Å². The molecule has 0 saturated carbocycles. The number of aliphatic hydroxyl groups is 1. The average molecular weight is 231 g/mol. The second kappa shape index (κ2) is 4.79. The minimum absolute atomic E-state index is 0.357. The molecule has 1 N–H and O–H groups in total. The van der Waals surface area contributed by atoms with Gasteiger partial charge in [0, 0.05) is 19.2 Å². The Bertz CT molecular complexity index is 365. The molecule has 2 nitrogen and oxygen atoms in total. The van der Waals surface area contributed by atoms with Crippen molar-refractivity contribution < 1.29 is 5.11 Å². The molecule has 1 saturated heterocycles. The molecule has 0 radical (unpaired) electrons. The van der Waals surface area contributed by atoms with Crippen molar-refractivity contribution in [3.8, 4) is 0 Å². The Balaban J connectivity index is 1.68. The van der Waals surface area contributed by atoms with Crippen molar-refractivity contribution in [3.63, 3.8) is 0 Å². The van der Waals surface area contributed by atoms with Crippen LogP contribution in [0.5, 0.6) is 0 Å². The Morgan fingerprint density at radius 2 is 1.88 bits per heavy atom. The third-order valence-electron chi connectivity index (χ3n) is 4.35. The third-order valence-corrected chi connectivity index (χ3v) is 4.35. The Kier molecular flexibility index (Phi) is 3.17. The van der Waals surface area contributed by atoms with Crippen molar-refractivity contribution in [3.05, 3.63) is 35.4 Å². The van der Waals surface area contributed by atoms with Crippen LogP contribution in [-0.2, 0) is 12.8 Å². The summed E-state index contributed by atoms with van der Waals surface area (Å²) in [4.78, 5) is 2.60. The summed E-state index contributed by atoms with van der Waals surface area (Å²) in [6.45, 7) is 2.67. The lowest BCUT2D eigenvalue weighted by Gasteiger charge is -2.36. The Morgan fingerprint density at radius 1 is 1.18 bits per heavy atom. The molecule has 92 valence electrons. The van der Waals surface area contributed by atoms with Crippen LogP contribution in [0.2, 0.25) is 0 Å². The van der Waals surface area contributed by atoms with Crippen molar-refractivity contribution in [2.75, 3.05) is 19.7 Å². The van der Waals surface area contributed by atoms with E-state index in [1.165, 1.54) is 43.4 Å². The first kappa shape index (κ1) is 11.2. The Morgan fingerprint density at radius 3 is 2.53 bits per heavy atom. The molecule has 0 bridgehead atoms. The fourth-order valence-electron chi connectivity index (χ4n) is 3.37. The van der Waals surface area contributed by atoms with Crippen LogP contribution in [0.1, 0.15) is 24.0 Å². The second-order valence-corrected chi connectivity index (χ2v) is 5.52. The summed E-state index contributed by atoms with van der Waals surface area (Å²) in [5, 5.41) is 9.30. The molecule has 0 unspecified atom stereocenters. The average Bonchev–Trinajstić information content (AvgIpc) is 2.82. The van der Waals surface area contributed by atoms with Gasteiger partial charge in [-0.1, -0.05) is 24.3 Å². The molecule has 1 aromatic rings. The van der Waals surface area contributed by atoms with E-state index >= 15 is 0 Å². The smallest absolute Gasteiger partial charge is 0.0471 e. The Labute approximate surface area is 103 Å². The third kappa shape index (κ3) is 2.24. The van der Waals surface area contributed by atoms with Gasteiger partial charge in [-0.15, -0.1) is 0 Å². The van der Waals surface area contributed by atoms with Crippen molar-refractivity contribution in [2.24, 2.45) is 5.92 Å². The molecule has 0 spiro atoms. The van der Waals surface area contributed by atoms with Gasteiger partial charge in [0.1, 0.15) is 0 Å². The van der Waals surface area contributed by atoms with Crippen LogP contribution in [0.4, 0.5) is 0 Å². The summed E-state index contributed by atoms with van der Waals surface area (Å²) < 4.78 is 0. The molecule has 1 atom stereocenters. The van der Waals surface area contributed by atoms with Gasteiger partial charge in [-0.2, -0.15) is 0 Å². The van der Waals surface area contributed by atoms with Crippen LogP contribution in [-0.4, -0.2) is 35.7 Å². The second-order valence-electron chi connectivity index (χ2n) is 5.52. The van der Waals surface area contributed by atoms with Crippen LogP contribution in [0.3, 0.4) is 0 Å². The van der Waals surface area contributed by atoms with E-state index in [0.29, 0.717) is 18.6 Å². The van der Waals surface area contributed by atoms with Gasteiger partial charge in [-0.05, 0) is 49.3 Å². The maximum absolute atomic E-state index is 9.30. The van der Waals surface area contributed by atoms with Gasteiger partial charge in [0.25, 0.3) is 0 Å². The lowest BCUT2D eigenvalue weighted by Crippen LogP contribution is -2.44. The predicted molar refractivity (Wildman–Crippen MR) is 69.0 cm³/mol. The largest absolute Gasteiger partial charge is 0.396 e. The zero-order chi connectivity index (χ0) is 11.7. The zero-order valence-corrected chi connectivity index (χ0v) is 10.3. The van der Waals surface area contributed by atoms with Crippen LogP contribution >= 0.6 is 0 Å². The summed E-state index contributed by atoms with van der Waals surface area (Å²) >= 11 is 0. The predicted octanol–water partition coefficient (Wildman–Crippen LogP) is 1.86. The standard InChI is InChI=1S/C15H21NO/c17-11-12-4-3-7-16(10-12)15-8-13-5-1-2-6-14(13)9-15/h1-2,5-6,12,15,17H,3-4,7-11H2/t12-/m1/s1. The van der Waals surface area contributed by atoms with E-state index in [1.807, 2.05) is 0 Å². The first-order valence-electron chi connectivity index (χ1n) is 6.78. The fraction of sp³-hybridized carbons (Fsp3) is 0.600. The van der Waals surface area contributed by atoms with Crippen molar-refractivity contribution in [2.45, 2.75) is 31.7 Å². The molecule has 0 amide bonds. The van der Waals surface area contributed by atoms with Crippen LogP contribution in [0.25, 0.3) is 0 Å². The molecule has 0 aromatic heterocycles. The van der Waals surface area contributed by atoms with E-state index in [-0.39, 0.29) is 0 Å². The highest BCUT2D eigenvalue weighted by Gasteiger charge is 2.29. The van der Waals surface area contributed by atoms with Gasteiger partial charge >= 0.3 is 0 Å². The molecule has 2 aliphatic rings. The quantitative estimate of drug-likeness (QED) is 0.840. The van der Waals surface area contributed by atoms with E-state index in [9.17, 15) is 5.11 Å². The van der Waals surface area contributed by atoms with Gasteiger partial charge < -0.3 is 5.11 Å². The van der Waals surface area contributed by atoms with E-state index in [0.717, 1.165) is 6.54 Å².